The van der Waals surface area contributed by atoms with Gasteiger partial charge in [-0.05, 0) is 54.7 Å². The van der Waals surface area contributed by atoms with Crippen molar-refractivity contribution in [2.24, 2.45) is 7.05 Å². The number of ether oxygens (including phenoxy) is 1. The van der Waals surface area contributed by atoms with Crippen molar-refractivity contribution in [2.45, 2.75) is 45.4 Å². The molecular weight excluding hydrogens is 478 g/mol. The second kappa shape index (κ2) is 11.0. The van der Waals surface area contributed by atoms with Crippen LogP contribution in [0.3, 0.4) is 0 Å². The molecule has 182 valence electrons. The summed E-state index contributed by atoms with van der Waals surface area (Å²) in [7, 11) is 1.87. The normalized spacial score (nSPS) is 11.1. The van der Waals surface area contributed by atoms with E-state index in [0.29, 0.717) is 28.6 Å². The summed E-state index contributed by atoms with van der Waals surface area (Å²) in [5.74, 6) is 2.03. The second-order valence-corrected chi connectivity index (χ2v) is 10.4. The van der Waals surface area contributed by atoms with Gasteiger partial charge in [-0.15, -0.1) is 21.5 Å². The highest BCUT2D eigenvalue weighted by Crippen LogP contribution is 2.27. The number of aryl methyl sites for hydroxylation is 2. The molecule has 0 atom stereocenters. The molecule has 2 aromatic carbocycles. The molecule has 0 saturated carbocycles. The number of carbonyl (C=O) groups is 1. The molecule has 9 heteroatoms. The first-order valence-electron chi connectivity index (χ1n) is 11.4. The van der Waals surface area contributed by atoms with E-state index in [1.807, 2.05) is 29.1 Å². The molecule has 0 aliphatic carbocycles. The van der Waals surface area contributed by atoms with E-state index < -0.39 is 0 Å². The minimum atomic E-state index is -0.137. The molecule has 0 saturated heterocycles. The predicted molar refractivity (Wildman–Crippen MR) is 142 cm³/mol. The Morgan fingerprint density at radius 2 is 1.89 bits per heavy atom. The van der Waals surface area contributed by atoms with Gasteiger partial charge in [0.2, 0.25) is 5.91 Å². The smallest absolute Gasteiger partial charge is 0.236 e. The maximum atomic E-state index is 12.5. The van der Waals surface area contributed by atoms with Crippen molar-refractivity contribution in [1.82, 2.24) is 19.7 Å². The summed E-state index contributed by atoms with van der Waals surface area (Å²) in [6.07, 6.45) is 0. The molecule has 0 aliphatic rings. The summed E-state index contributed by atoms with van der Waals surface area (Å²) in [6, 6.07) is 14.3. The Morgan fingerprint density at radius 3 is 2.60 bits per heavy atom. The van der Waals surface area contributed by atoms with Gasteiger partial charge in [-0.2, -0.15) is 0 Å². The fourth-order valence-corrected chi connectivity index (χ4v) is 4.81. The number of carbonyl (C=O) groups excluding carboxylic acids is 1. The molecule has 1 N–H and O–H groups in total. The number of rotatable bonds is 9. The topological polar surface area (TPSA) is 81.9 Å². The molecule has 35 heavy (non-hydrogen) atoms. The average Bonchev–Trinajstić information content (AvgIpc) is 3.45. The number of benzene rings is 2. The van der Waals surface area contributed by atoms with Crippen molar-refractivity contribution in [3.05, 3.63) is 70.4 Å². The summed E-state index contributed by atoms with van der Waals surface area (Å²) in [5, 5.41) is 14.5. The number of nitrogens with one attached hydrogen (secondary N) is 1. The van der Waals surface area contributed by atoms with Gasteiger partial charge in [-0.25, -0.2) is 4.98 Å². The number of thioether (sulfide) groups is 1. The molecule has 2 heterocycles. The van der Waals surface area contributed by atoms with Gasteiger partial charge in [0, 0.05) is 18.0 Å². The van der Waals surface area contributed by atoms with Gasteiger partial charge in [-0.3, -0.25) is 4.79 Å². The lowest BCUT2D eigenvalue weighted by atomic mass is 10.0. The monoisotopic (exact) mass is 507 g/mol. The predicted octanol–water partition coefficient (Wildman–Crippen LogP) is 5.99. The second-order valence-electron chi connectivity index (χ2n) is 8.64. The summed E-state index contributed by atoms with van der Waals surface area (Å²) >= 11 is 2.74. The zero-order chi connectivity index (χ0) is 24.9. The van der Waals surface area contributed by atoms with Crippen molar-refractivity contribution >= 4 is 34.1 Å². The molecule has 4 rings (SSSR count). The van der Waals surface area contributed by atoms with Gasteiger partial charge in [-0.1, -0.05) is 49.9 Å². The molecule has 4 aromatic rings. The van der Waals surface area contributed by atoms with E-state index in [1.54, 1.807) is 0 Å². The fraction of sp³-hybridized carbons (Fsp3) is 0.308. The van der Waals surface area contributed by atoms with Crippen LogP contribution >= 0.6 is 23.1 Å². The van der Waals surface area contributed by atoms with Gasteiger partial charge in [0.15, 0.2) is 16.1 Å². The number of thiazole rings is 1. The molecule has 0 aliphatic heterocycles. The van der Waals surface area contributed by atoms with Crippen molar-refractivity contribution in [1.29, 1.82) is 0 Å². The van der Waals surface area contributed by atoms with Gasteiger partial charge in [0.05, 0.1) is 11.4 Å². The molecule has 7 nitrogen and oxygen atoms in total. The molecule has 0 radical (unpaired) electrons. The lowest BCUT2D eigenvalue weighted by molar-refractivity contribution is -0.113. The maximum absolute atomic E-state index is 12.5. The van der Waals surface area contributed by atoms with Crippen LogP contribution in [0.25, 0.3) is 11.3 Å². The number of anilines is 1. The number of hydrogen-bond donors (Lipinski definition) is 1. The van der Waals surface area contributed by atoms with Crippen LogP contribution in [0, 0.1) is 13.8 Å². The molecule has 1 amide bonds. The first-order valence-corrected chi connectivity index (χ1v) is 13.2. The third-order valence-electron chi connectivity index (χ3n) is 5.73. The Balaban J connectivity index is 1.28. The van der Waals surface area contributed by atoms with Crippen molar-refractivity contribution in [2.75, 3.05) is 11.1 Å². The zero-order valence-electron chi connectivity index (χ0n) is 20.5. The Bertz CT molecular complexity index is 1310. The van der Waals surface area contributed by atoms with E-state index >= 15 is 0 Å². The first kappa shape index (κ1) is 24.9. The number of amides is 1. The van der Waals surface area contributed by atoms with Crippen LogP contribution < -0.4 is 10.1 Å². The minimum Gasteiger partial charge on any atom is -0.486 e. The molecule has 2 aromatic heterocycles. The maximum Gasteiger partial charge on any atom is 0.236 e. The zero-order valence-corrected chi connectivity index (χ0v) is 22.2. The Labute approximate surface area is 214 Å². The highest BCUT2D eigenvalue weighted by atomic mass is 32.2. The van der Waals surface area contributed by atoms with Crippen LogP contribution in [0.1, 0.15) is 42.3 Å². The van der Waals surface area contributed by atoms with Crippen LogP contribution in [0.4, 0.5) is 5.13 Å². The van der Waals surface area contributed by atoms with Gasteiger partial charge >= 0.3 is 0 Å². The average molecular weight is 508 g/mol. The Hall–Kier alpha value is -3.17. The van der Waals surface area contributed by atoms with Crippen molar-refractivity contribution < 1.29 is 9.53 Å². The van der Waals surface area contributed by atoms with Crippen molar-refractivity contribution in [3.63, 3.8) is 0 Å². The molecule has 0 bridgehead atoms. The standard InChI is InChI=1S/C26H29N5O2S2/c1-16(2)19-8-10-21(11-9-19)33-13-23-29-30-26(31(23)5)35-15-24(32)28-25-27-22(14-34-25)20-7-6-17(3)18(4)12-20/h6-12,14,16H,13,15H2,1-5H3,(H,27,28,32). The highest BCUT2D eigenvalue weighted by molar-refractivity contribution is 7.99. The van der Waals surface area contributed by atoms with Gasteiger partial charge in [0.1, 0.15) is 12.4 Å². The molecule has 0 fully saturated rings. The molecule has 0 spiro atoms. The van der Waals surface area contributed by atoms with Gasteiger partial charge in [0.25, 0.3) is 0 Å². The lowest BCUT2D eigenvalue weighted by Crippen LogP contribution is -2.14. The first-order chi connectivity index (χ1) is 16.8. The number of hydrogen-bond acceptors (Lipinski definition) is 7. The summed E-state index contributed by atoms with van der Waals surface area (Å²) < 4.78 is 7.71. The summed E-state index contributed by atoms with van der Waals surface area (Å²) in [4.78, 5) is 17.1. The van der Waals surface area contributed by atoms with Gasteiger partial charge < -0.3 is 14.6 Å². The third kappa shape index (κ3) is 6.29. The largest absolute Gasteiger partial charge is 0.486 e. The van der Waals surface area contributed by atoms with Crippen LogP contribution in [0.5, 0.6) is 5.75 Å². The van der Waals surface area contributed by atoms with E-state index in [9.17, 15) is 4.79 Å². The highest BCUT2D eigenvalue weighted by Gasteiger charge is 2.14. The lowest BCUT2D eigenvalue weighted by Gasteiger charge is -2.09. The molecule has 0 unspecified atom stereocenters. The summed E-state index contributed by atoms with van der Waals surface area (Å²) in [5.41, 5.74) is 5.64. The quantitative estimate of drug-likeness (QED) is 0.280. The van der Waals surface area contributed by atoms with E-state index in [-0.39, 0.29) is 11.7 Å². The summed E-state index contributed by atoms with van der Waals surface area (Å²) in [6.45, 7) is 8.79. The minimum absolute atomic E-state index is 0.137. The third-order valence-corrected chi connectivity index (χ3v) is 7.50. The van der Waals surface area contributed by atoms with E-state index in [1.165, 1.54) is 39.8 Å². The Morgan fingerprint density at radius 1 is 1.11 bits per heavy atom. The van der Waals surface area contributed by atoms with E-state index in [0.717, 1.165) is 17.0 Å². The molecular formula is C26H29N5O2S2. The van der Waals surface area contributed by atoms with E-state index in [2.05, 4.69) is 78.5 Å². The number of nitrogens with zero attached hydrogens (tertiary/aromatic N) is 4. The fourth-order valence-electron chi connectivity index (χ4n) is 3.34. The number of aromatic nitrogens is 4. The SMILES string of the molecule is Cc1ccc(-c2csc(NC(=O)CSc3nnc(COc4ccc(C(C)C)cc4)n3C)n2)cc1C. The van der Waals surface area contributed by atoms with Crippen LogP contribution in [-0.2, 0) is 18.4 Å². The van der Waals surface area contributed by atoms with Crippen LogP contribution in [-0.4, -0.2) is 31.4 Å². The van der Waals surface area contributed by atoms with Crippen LogP contribution in [0.15, 0.2) is 53.0 Å². The van der Waals surface area contributed by atoms with E-state index in [4.69, 9.17) is 4.74 Å². The van der Waals surface area contributed by atoms with Crippen molar-refractivity contribution in [3.8, 4) is 17.0 Å². The Kier molecular flexibility index (Phi) is 7.87. The van der Waals surface area contributed by atoms with Crippen LogP contribution in [0.2, 0.25) is 0 Å².